The molecular formula is C10H21NSi. The van der Waals surface area contributed by atoms with Crippen LogP contribution in [0.3, 0.4) is 0 Å². The van der Waals surface area contributed by atoms with Crippen LogP contribution >= 0.6 is 0 Å². The lowest BCUT2D eigenvalue weighted by molar-refractivity contribution is 0.610. The second-order valence-electron chi connectivity index (χ2n) is 3.87. The maximum Gasteiger partial charge on any atom is 0.0609 e. The molecule has 0 unspecified atom stereocenters. The summed E-state index contributed by atoms with van der Waals surface area (Å²) >= 11 is 0. The van der Waals surface area contributed by atoms with Gasteiger partial charge in [0.2, 0.25) is 0 Å². The first-order chi connectivity index (χ1) is 5.76. The summed E-state index contributed by atoms with van der Waals surface area (Å²) in [7, 11) is -0.470. The lowest BCUT2D eigenvalue weighted by atomic mass is 10.3. The molecule has 1 saturated heterocycles. The summed E-state index contributed by atoms with van der Waals surface area (Å²) in [6, 6.07) is 2.85. The maximum absolute atomic E-state index is 2.60. The highest BCUT2D eigenvalue weighted by Crippen LogP contribution is 2.10. The predicted molar refractivity (Wildman–Crippen MR) is 58.3 cm³/mol. The molecule has 1 aliphatic heterocycles. The van der Waals surface area contributed by atoms with E-state index in [0.717, 1.165) is 0 Å². The summed E-state index contributed by atoms with van der Waals surface area (Å²) in [5, 5.41) is 0. The van der Waals surface area contributed by atoms with Gasteiger partial charge < -0.3 is 0 Å². The Labute approximate surface area is 78.1 Å². The van der Waals surface area contributed by atoms with Gasteiger partial charge in [0.25, 0.3) is 0 Å². The van der Waals surface area contributed by atoms with Crippen molar-refractivity contribution in [2.45, 2.75) is 32.9 Å². The second-order valence-corrected chi connectivity index (χ2v) is 7.35. The molecular weight excluding hydrogens is 162 g/mol. The van der Waals surface area contributed by atoms with Gasteiger partial charge in [-0.05, 0) is 6.92 Å². The fourth-order valence-electron chi connectivity index (χ4n) is 1.56. The molecule has 0 atom stereocenters. The summed E-state index contributed by atoms with van der Waals surface area (Å²) in [5.41, 5.74) is 4.21. The first-order valence-corrected chi connectivity index (χ1v) is 7.45. The van der Waals surface area contributed by atoms with E-state index >= 15 is 0 Å². The van der Waals surface area contributed by atoms with E-state index in [4.69, 9.17) is 0 Å². The molecule has 0 aromatic heterocycles. The van der Waals surface area contributed by atoms with Gasteiger partial charge in [0.15, 0.2) is 0 Å². The van der Waals surface area contributed by atoms with Gasteiger partial charge in [-0.2, -0.15) is 0 Å². The Morgan fingerprint density at radius 2 is 1.92 bits per heavy atom. The highest BCUT2D eigenvalue weighted by molar-refractivity contribution is 6.64. The molecule has 0 aliphatic carbocycles. The molecule has 0 radical (unpaired) electrons. The van der Waals surface area contributed by atoms with Gasteiger partial charge in [-0.15, -0.1) is 0 Å². The molecule has 12 heavy (non-hydrogen) atoms. The van der Waals surface area contributed by atoms with Crippen LogP contribution in [0, 0.1) is 0 Å². The Hall–Kier alpha value is -0.0831. The second kappa shape index (κ2) is 4.82. The van der Waals surface area contributed by atoms with Gasteiger partial charge in [0, 0.05) is 19.6 Å². The number of hydrogen-bond donors (Lipinski definition) is 0. The number of hydrogen-bond acceptors (Lipinski definition) is 1. The number of nitrogens with zero attached hydrogens (tertiary/aromatic N) is 1. The molecule has 70 valence electrons. The van der Waals surface area contributed by atoms with Crippen LogP contribution in [-0.2, 0) is 0 Å². The van der Waals surface area contributed by atoms with Crippen molar-refractivity contribution in [3.8, 4) is 0 Å². The molecule has 0 saturated carbocycles. The van der Waals surface area contributed by atoms with Gasteiger partial charge in [-0.25, -0.2) is 0 Å². The van der Waals surface area contributed by atoms with Gasteiger partial charge in [0.1, 0.15) is 0 Å². The average molecular weight is 183 g/mol. The minimum Gasteiger partial charge on any atom is -0.297 e. The van der Waals surface area contributed by atoms with Crippen LogP contribution in [0.25, 0.3) is 0 Å². The molecule has 0 spiro atoms. The summed E-state index contributed by atoms with van der Waals surface area (Å²) in [4.78, 5) is 2.49. The summed E-state index contributed by atoms with van der Waals surface area (Å²) in [5.74, 6) is 0. The zero-order chi connectivity index (χ0) is 8.97. The highest BCUT2D eigenvalue weighted by atomic mass is 28.3. The van der Waals surface area contributed by atoms with Crippen molar-refractivity contribution in [1.29, 1.82) is 0 Å². The summed E-state index contributed by atoms with van der Waals surface area (Å²) in [6.07, 6.45) is 0. The lowest BCUT2D eigenvalue weighted by Crippen LogP contribution is -2.09. The van der Waals surface area contributed by atoms with E-state index in [9.17, 15) is 0 Å². The Kier molecular flexibility index (Phi) is 4.02. The van der Waals surface area contributed by atoms with E-state index < -0.39 is 8.80 Å². The molecule has 0 N–H and O–H groups in total. The average Bonchev–Trinajstić information content (AvgIpc) is 2.84. The summed E-state index contributed by atoms with van der Waals surface area (Å²) < 4.78 is 0. The molecule has 1 nitrogen and oxygen atoms in total. The highest BCUT2D eigenvalue weighted by Gasteiger charge is 2.16. The quantitative estimate of drug-likeness (QED) is 0.466. The van der Waals surface area contributed by atoms with E-state index in [2.05, 4.69) is 31.4 Å². The van der Waals surface area contributed by atoms with E-state index in [0.29, 0.717) is 0 Å². The molecule has 0 bridgehead atoms. The Morgan fingerprint density at radius 1 is 1.33 bits per heavy atom. The van der Waals surface area contributed by atoms with Crippen LogP contribution in [-0.4, -0.2) is 33.3 Å². The largest absolute Gasteiger partial charge is 0.297 e. The molecule has 1 heterocycles. The van der Waals surface area contributed by atoms with Crippen LogP contribution in [0.5, 0.6) is 0 Å². The van der Waals surface area contributed by atoms with E-state index in [-0.39, 0.29) is 0 Å². The van der Waals surface area contributed by atoms with Gasteiger partial charge in [-0.3, -0.25) is 4.90 Å². The molecule has 2 heteroatoms. The zero-order valence-electron chi connectivity index (χ0n) is 8.64. The van der Waals surface area contributed by atoms with E-state index in [1.807, 2.05) is 0 Å². The third kappa shape index (κ3) is 3.54. The molecule has 0 aromatic rings. The van der Waals surface area contributed by atoms with Crippen LogP contribution in [0.4, 0.5) is 0 Å². The van der Waals surface area contributed by atoms with Crippen molar-refractivity contribution in [2.75, 3.05) is 19.6 Å². The van der Waals surface area contributed by atoms with Gasteiger partial charge in [0.05, 0.1) is 8.80 Å². The Morgan fingerprint density at radius 3 is 2.33 bits per heavy atom. The molecule has 1 rings (SSSR count). The standard InChI is InChI=1S/C10H21NSi/c1-4-12(5-2)9-10(3)8-11-6-7-11/h9,12H,4-8H2,1-3H3. The van der Waals surface area contributed by atoms with Gasteiger partial charge >= 0.3 is 0 Å². The lowest BCUT2D eigenvalue weighted by Gasteiger charge is -2.07. The van der Waals surface area contributed by atoms with Gasteiger partial charge in [-0.1, -0.05) is 37.2 Å². The molecule has 0 amide bonds. The number of rotatable bonds is 5. The van der Waals surface area contributed by atoms with Crippen LogP contribution in [0.1, 0.15) is 20.8 Å². The third-order valence-corrected chi connectivity index (χ3v) is 5.72. The van der Waals surface area contributed by atoms with Crippen LogP contribution < -0.4 is 0 Å². The fraction of sp³-hybridized carbons (Fsp3) is 0.800. The zero-order valence-corrected chi connectivity index (χ0v) is 9.79. The van der Waals surface area contributed by atoms with E-state index in [1.54, 1.807) is 5.57 Å². The Bertz CT molecular complexity index is 157. The normalized spacial score (nSPS) is 18.8. The molecule has 1 fully saturated rings. The van der Waals surface area contributed by atoms with Crippen molar-refractivity contribution in [3.05, 3.63) is 11.3 Å². The first kappa shape index (κ1) is 10.0. The minimum atomic E-state index is -0.470. The Balaban J connectivity index is 2.29. The topological polar surface area (TPSA) is 3.01 Å². The third-order valence-electron chi connectivity index (χ3n) is 2.58. The van der Waals surface area contributed by atoms with E-state index in [1.165, 1.54) is 31.7 Å². The monoisotopic (exact) mass is 183 g/mol. The van der Waals surface area contributed by atoms with Crippen LogP contribution in [0.15, 0.2) is 11.3 Å². The molecule has 0 aromatic carbocycles. The smallest absolute Gasteiger partial charge is 0.0609 e. The minimum absolute atomic E-state index is 0.470. The van der Waals surface area contributed by atoms with Crippen molar-refractivity contribution < 1.29 is 0 Å². The van der Waals surface area contributed by atoms with Crippen molar-refractivity contribution >= 4 is 8.80 Å². The van der Waals surface area contributed by atoms with Crippen molar-refractivity contribution in [1.82, 2.24) is 4.90 Å². The van der Waals surface area contributed by atoms with Crippen molar-refractivity contribution in [3.63, 3.8) is 0 Å². The van der Waals surface area contributed by atoms with Crippen LogP contribution in [0.2, 0.25) is 12.1 Å². The molecule has 1 aliphatic rings. The van der Waals surface area contributed by atoms with Crippen molar-refractivity contribution in [2.24, 2.45) is 0 Å². The SMILES string of the molecule is CC[SiH](C=C(C)CN1CC1)CC. The first-order valence-electron chi connectivity index (χ1n) is 5.15. The maximum atomic E-state index is 2.60. The summed E-state index contributed by atoms with van der Waals surface area (Å²) in [6.45, 7) is 10.9. The fourth-order valence-corrected chi connectivity index (χ4v) is 3.52. The predicted octanol–water partition coefficient (Wildman–Crippen LogP) is 2.05.